The number of likely N-dealkylation sites (tertiary alicyclic amines) is 1. The molecule has 8 nitrogen and oxygen atoms in total. The van der Waals surface area contributed by atoms with E-state index in [0.29, 0.717) is 36.2 Å². The first-order valence-corrected chi connectivity index (χ1v) is 11.6. The molecule has 3 unspecified atom stereocenters. The molecule has 1 aromatic carbocycles. The Kier molecular flexibility index (Phi) is 6.41. The first-order valence-electron chi connectivity index (χ1n) is 11.6. The fraction of sp³-hybridized carbons (Fsp3) is 0.625. The molecule has 0 radical (unpaired) electrons. The van der Waals surface area contributed by atoms with E-state index in [1.54, 1.807) is 50.7 Å². The molecule has 3 heterocycles. The van der Waals surface area contributed by atoms with Crippen molar-refractivity contribution in [3.05, 3.63) is 29.5 Å². The van der Waals surface area contributed by atoms with Crippen molar-refractivity contribution >= 4 is 22.8 Å². The Hall–Kier alpha value is -2.59. The third-order valence-electron chi connectivity index (χ3n) is 6.44. The summed E-state index contributed by atoms with van der Waals surface area (Å²) in [5.41, 5.74) is 1.12. The van der Waals surface area contributed by atoms with Gasteiger partial charge in [-0.3, -0.25) is 19.2 Å². The third kappa shape index (κ3) is 5.07. The number of carbonyl (C=O) groups is 2. The van der Waals surface area contributed by atoms with Gasteiger partial charge in [-0.1, -0.05) is 12.1 Å². The summed E-state index contributed by atoms with van der Waals surface area (Å²) in [7, 11) is 1.73. The number of nitrogens with zero attached hydrogens (tertiary/aromatic N) is 3. The number of aliphatic hydroxyl groups is 1. The molecule has 2 aromatic rings. The summed E-state index contributed by atoms with van der Waals surface area (Å²) in [5, 5.41) is 17.4. The lowest BCUT2D eigenvalue weighted by Gasteiger charge is -2.38. The van der Waals surface area contributed by atoms with Gasteiger partial charge in [0.2, 0.25) is 5.91 Å². The number of ether oxygens (including phenoxy) is 1. The number of halogens is 2. The summed E-state index contributed by atoms with van der Waals surface area (Å²) in [6.07, 6.45) is 0.249. The number of aromatic nitrogens is 2. The number of carbonyl (C=O) groups excluding carboxylic acids is 2. The van der Waals surface area contributed by atoms with E-state index < -0.39 is 42.1 Å². The first-order chi connectivity index (χ1) is 15.8. The third-order valence-corrected chi connectivity index (χ3v) is 6.44. The van der Waals surface area contributed by atoms with Gasteiger partial charge >= 0.3 is 5.97 Å². The van der Waals surface area contributed by atoms with Gasteiger partial charge in [-0.25, -0.2) is 8.78 Å². The molecule has 0 saturated carbocycles. The van der Waals surface area contributed by atoms with Crippen LogP contribution in [-0.2, 0) is 21.4 Å². The topological polar surface area (TPSA) is 96.7 Å². The van der Waals surface area contributed by atoms with Gasteiger partial charge in [0, 0.05) is 12.4 Å². The Morgan fingerprint density at radius 1 is 1.29 bits per heavy atom. The Labute approximate surface area is 197 Å². The van der Waals surface area contributed by atoms with Gasteiger partial charge in [0.05, 0.1) is 36.1 Å². The highest BCUT2D eigenvalue weighted by atomic mass is 19.3. The normalized spacial score (nSPS) is 25.9. The van der Waals surface area contributed by atoms with E-state index in [1.807, 2.05) is 0 Å². The zero-order chi connectivity index (χ0) is 24.8. The van der Waals surface area contributed by atoms with Gasteiger partial charge < -0.3 is 15.2 Å². The van der Waals surface area contributed by atoms with E-state index in [4.69, 9.17) is 4.74 Å². The lowest BCUT2D eigenvalue weighted by Crippen LogP contribution is -2.49. The van der Waals surface area contributed by atoms with Crippen LogP contribution in [0.15, 0.2) is 18.2 Å². The molecule has 2 aliphatic rings. The number of benzene rings is 1. The molecule has 34 heavy (non-hydrogen) atoms. The second kappa shape index (κ2) is 8.88. The molecule has 2 saturated heterocycles. The number of piperidine rings is 2. The summed E-state index contributed by atoms with van der Waals surface area (Å²) in [6.45, 7) is 4.91. The van der Waals surface area contributed by atoms with Gasteiger partial charge in [0.15, 0.2) is 0 Å². The number of esters is 1. The van der Waals surface area contributed by atoms with Crippen molar-refractivity contribution in [3.8, 4) is 0 Å². The quantitative estimate of drug-likeness (QED) is 0.656. The van der Waals surface area contributed by atoms with Gasteiger partial charge in [-0.15, -0.1) is 0 Å². The van der Waals surface area contributed by atoms with E-state index in [0.717, 1.165) is 5.39 Å². The van der Waals surface area contributed by atoms with Crippen LogP contribution >= 0.6 is 0 Å². The summed E-state index contributed by atoms with van der Waals surface area (Å²) < 4.78 is 37.3. The standard InChI is InChI=1S/C24H32F2N4O4/c1-23(2,3)34-20(32)12-30-10-9-17(24(25,26)13-30)14-5-6-15-18(11-14)29(4)28-21(15)16-7-8-19(31)27-22(16)33/h5-6,11,16-17,19,31H,7-10,12-13H2,1-4H3,(H,27,33). The summed E-state index contributed by atoms with van der Waals surface area (Å²) >= 11 is 0. The molecule has 2 aliphatic heterocycles. The zero-order valence-corrected chi connectivity index (χ0v) is 20.0. The second-order valence-corrected chi connectivity index (χ2v) is 10.3. The SMILES string of the molecule is Cn1nc(C2CCC(O)NC2=O)c2ccc(C3CCN(CC(=O)OC(C)(C)C)CC3(F)F)cc21. The highest BCUT2D eigenvalue weighted by Crippen LogP contribution is 2.42. The molecular formula is C24H32F2N4O4. The van der Waals surface area contributed by atoms with E-state index in [2.05, 4.69) is 10.4 Å². The molecule has 186 valence electrons. The van der Waals surface area contributed by atoms with Crippen LogP contribution in [0.2, 0.25) is 0 Å². The van der Waals surface area contributed by atoms with Crippen LogP contribution in [0.1, 0.15) is 63.1 Å². The van der Waals surface area contributed by atoms with Crippen molar-refractivity contribution in [2.45, 2.75) is 69.6 Å². The summed E-state index contributed by atoms with van der Waals surface area (Å²) in [4.78, 5) is 25.9. The minimum atomic E-state index is -3.02. The number of fused-ring (bicyclic) bond motifs is 1. The Morgan fingerprint density at radius 3 is 2.68 bits per heavy atom. The molecule has 10 heteroatoms. The second-order valence-electron chi connectivity index (χ2n) is 10.3. The van der Waals surface area contributed by atoms with Crippen LogP contribution in [0.4, 0.5) is 8.78 Å². The van der Waals surface area contributed by atoms with Crippen molar-refractivity contribution in [1.82, 2.24) is 20.0 Å². The fourth-order valence-corrected chi connectivity index (χ4v) is 4.94. The molecule has 2 N–H and O–H groups in total. The maximum atomic E-state index is 15.2. The maximum absolute atomic E-state index is 15.2. The molecule has 4 rings (SSSR count). The fourth-order valence-electron chi connectivity index (χ4n) is 4.94. The zero-order valence-electron chi connectivity index (χ0n) is 20.0. The highest BCUT2D eigenvalue weighted by Gasteiger charge is 2.46. The number of hydrogen-bond donors (Lipinski definition) is 2. The van der Waals surface area contributed by atoms with Crippen LogP contribution in [0.3, 0.4) is 0 Å². The molecule has 2 fully saturated rings. The molecule has 0 bridgehead atoms. The van der Waals surface area contributed by atoms with Crippen molar-refractivity contribution in [3.63, 3.8) is 0 Å². The van der Waals surface area contributed by atoms with Gasteiger partial charge in [-0.05, 0) is 58.2 Å². The van der Waals surface area contributed by atoms with Crippen LogP contribution in [0.25, 0.3) is 10.9 Å². The number of nitrogens with one attached hydrogen (secondary N) is 1. The monoisotopic (exact) mass is 478 g/mol. The van der Waals surface area contributed by atoms with Crippen molar-refractivity contribution < 1.29 is 28.2 Å². The lowest BCUT2D eigenvalue weighted by atomic mass is 9.85. The molecule has 1 amide bonds. The van der Waals surface area contributed by atoms with Crippen molar-refractivity contribution in [2.24, 2.45) is 7.05 Å². The minimum Gasteiger partial charge on any atom is -0.459 e. The number of amides is 1. The average Bonchev–Trinajstić information content (AvgIpc) is 3.01. The Balaban J connectivity index is 1.52. The molecular weight excluding hydrogens is 446 g/mol. The first kappa shape index (κ1) is 24.5. The lowest BCUT2D eigenvalue weighted by molar-refractivity contribution is -0.159. The van der Waals surface area contributed by atoms with Crippen LogP contribution in [-0.4, -0.2) is 69.0 Å². The molecule has 3 atom stereocenters. The van der Waals surface area contributed by atoms with E-state index in [9.17, 15) is 14.7 Å². The number of aryl methyl sites for hydroxylation is 1. The number of aliphatic hydroxyl groups excluding tert-OH is 1. The number of hydrogen-bond acceptors (Lipinski definition) is 6. The van der Waals surface area contributed by atoms with Gasteiger partial charge in [-0.2, -0.15) is 5.10 Å². The van der Waals surface area contributed by atoms with Crippen molar-refractivity contribution in [2.75, 3.05) is 19.6 Å². The van der Waals surface area contributed by atoms with E-state index >= 15 is 8.78 Å². The van der Waals surface area contributed by atoms with Crippen LogP contribution in [0, 0.1) is 0 Å². The van der Waals surface area contributed by atoms with Gasteiger partial charge in [0.1, 0.15) is 11.8 Å². The Morgan fingerprint density at radius 2 is 2.03 bits per heavy atom. The molecule has 0 spiro atoms. The van der Waals surface area contributed by atoms with Crippen LogP contribution < -0.4 is 5.32 Å². The predicted octanol–water partition coefficient (Wildman–Crippen LogP) is 2.65. The number of rotatable bonds is 4. The molecule has 0 aliphatic carbocycles. The number of alkyl halides is 2. The predicted molar refractivity (Wildman–Crippen MR) is 121 cm³/mol. The minimum absolute atomic E-state index is 0.165. The summed E-state index contributed by atoms with van der Waals surface area (Å²) in [6, 6.07) is 5.17. The summed E-state index contributed by atoms with van der Waals surface area (Å²) in [5.74, 6) is -5.29. The van der Waals surface area contributed by atoms with E-state index in [1.165, 1.54) is 4.90 Å². The Bertz CT molecular complexity index is 1090. The largest absolute Gasteiger partial charge is 0.459 e. The molecule has 1 aromatic heterocycles. The van der Waals surface area contributed by atoms with Gasteiger partial charge in [0.25, 0.3) is 5.92 Å². The maximum Gasteiger partial charge on any atom is 0.320 e. The van der Waals surface area contributed by atoms with E-state index in [-0.39, 0.29) is 18.9 Å². The highest BCUT2D eigenvalue weighted by molar-refractivity contribution is 5.91. The smallest absolute Gasteiger partial charge is 0.320 e. The van der Waals surface area contributed by atoms with Crippen LogP contribution in [0.5, 0.6) is 0 Å². The average molecular weight is 479 g/mol. The van der Waals surface area contributed by atoms with Crippen molar-refractivity contribution in [1.29, 1.82) is 0 Å².